The molecule has 1 fully saturated rings. The summed E-state index contributed by atoms with van der Waals surface area (Å²) >= 11 is 0. The molecule has 3 rings (SSSR count). The molecule has 10 nitrogen and oxygen atoms in total. The van der Waals surface area contributed by atoms with Crippen LogP contribution in [0.5, 0.6) is 0 Å². The van der Waals surface area contributed by atoms with Gasteiger partial charge in [0.25, 0.3) is 6.29 Å². The van der Waals surface area contributed by atoms with E-state index in [9.17, 15) is 19.2 Å². The van der Waals surface area contributed by atoms with Crippen molar-refractivity contribution in [2.45, 2.75) is 78.0 Å². The highest BCUT2D eigenvalue weighted by molar-refractivity contribution is 5.73. The average Bonchev–Trinajstić information content (AvgIpc) is 3.39. The highest BCUT2D eigenvalue weighted by Crippen LogP contribution is 2.54. The lowest BCUT2D eigenvalue weighted by molar-refractivity contribution is -0.187. The quantitative estimate of drug-likeness (QED) is 0.276. The van der Waals surface area contributed by atoms with Crippen LogP contribution >= 0.6 is 0 Å². The molecule has 0 unspecified atom stereocenters. The molecule has 34 heavy (non-hydrogen) atoms. The topological polar surface area (TPSA) is 127 Å². The molecule has 0 saturated carbocycles. The van der Waals surface area contributed by atoms with Crippen molar-refractivity contribution in [3.8, 4) is 0 Å². The summed E-state index contributed by atoms with van der Waals surface area (Å²) in [5, 5.41) is 0. The normalized spacial score (nSPS) is 27.2. The molecule has 3 aliphatic rings. The Bertz CT molecular complexity index is 909. The molecule has 1 saturated heterocycles. The van der Waals surface area contributed by atoms with Gasteiger partial charge in [-0.2, -0.15) is 0 Å². The Morgan fingerprint density at radius 1 is 1.12 bits per heavy atom. The fraction of sp³-hybridized carbons (Fsp3) is 0.667. The Hall–Kier alpha value is -2.88. The van der Waals surface area contributed by atoms with Crippen molar-refractivity contribution in [1.29, 1.82) is 0 Å². The molecule has 0 N–H and O–H groups in total. The number of epoxide rings is 1. The summed E-state index contributed by atoms with van der Waals surface area (Å²) < 4.78 is 33.2. The number of ether oxygens (including phenoxy) is 6. The molecule has 0 aromatic heterocycles. The van der Waals surface area contributed by atoms with Crippen molar-refractivity contribution < 1.29 is 47.6 Å². The molecule has 10 heteroatoms. The summed E-state index contributed by atoms with van der Waals surface area (Å²) in [5.41, 5.74) is -0.777. The number of esters is 4. The van der Waals surface area contributed by atoms with Gasteiger partial charge in [-0.05, 0) is 31.4 Å². The monoisotopic (exact) mass is 480 g/mol. The Morgan fingerprint density at radius 2 is 1.79 bits per heavy atom. The fourth-order valence-electron chi connectivity index (χ4n) is 4.25. The third kappa shape index (κ3) is 5.97. The first-order chi connectivity index (χ1) is 15.8. The Labute approximate surface area is 198 Å². The maximum atomic E-state index is 12.7. The van der Waals surface area contributed by atoms with Crippen molar-refractivity contribution in [3.05, 3.63) is 23.5 Å². The van der Waals surface area contributed by atoms with Gasteiger partial charge in [-0.25, -0.2) is 0 Å². The number of hydrogen-bond donors (Lipinski definition) is 0. The lowest BCUT2D eigenvalue weighted by Gasteiger charge is -2.33. The standard InChI is InChI=1S/C24H32O10/c1-13(2)7-19(27)33-22-21-17(16(11-30-22)10-29-14(3)25)8-18(24(21)12-31-24)32-20(28)9-23(5,6)34-15(4)26/h8,11,13,18,21-22H,7,9-10,12H2,1-6H3/t18-,21+,22-,24-/m0/s1. The number of fused-ring (bicyclic) bond motifs is 2. The molecular formula is C24H32O10. The van der Waals surface area contributed by atoms with Crippen LogP contribution in [-0.2, 0) is 47.6 Å². The second-order valence-corrected chi connectivity index (χ2v) is 9.80. The minimum Gasteiger partial charge on any atom is -0.461 e. The van der Waals surface area contributed by atoms with Crippen molar-refractivity contribution >= 4 is 23.9 Å². The van der Waals surface area contributed by atoms with Crippen molar-refractivity contribution in [2.75, 3.05) is 13.2 Å². The van der Waals surface area contributed by atoms with Crippen LogP contribution in [0, 0.1) is 11.8 Å². The third-order valence-electron chi connectivity index (χ3n) is 5.64. The van der Waals surface area contributed by atoms with Gasteiger partial charge in [-0.15, -0.1) is 0 Å². The van der Waals surface area contributed by atoms with Gasteiger partial charge in [0.2, 0.25) is 0 Å². The van der Waals surface area contributed by atoms with Crippen LogP contribution in [0.4, 0.5) is 0 Å². The summed E-state index contributed by atoms with van der Waals surface area (Å²) in [6.45, 7) is 9.80. The predicted molar refractivity (Wildman–Crippen MR) is 116 cm³/mol. The number of carbonyl (C=O) groups is 4. The van der Waals surface area contributed by atoms with Gasteiger partial charge in [0.05, 0.1) is 25.2 Å². The maximum absolute atomic E-state index is 12.7. The van der Waals surface area contributed by atoms with Gasteiger partial charge < -0.3 is 28.4 Å². The van der Waals surface area contributed by atoms with Crippen LogP contribution in [0.25, 0.3) is 0 Å². The van der Waals surface area contributed by atoms with Gasteiger partial charge >= 0.3 is 23.9 Å². The molecule has 2 aliphatic heterocycles. The first-order valence-electron chi connectivity index (χ1n) is 11.3. The van der Waals surface area contributed by atoms with E-state index in [4.69, 9.17) is 28.4 Å². The molecule has 1 spiro atoms. The van der Waals surface area contributed by atoms with Crippen molar-refractivity contribution in [3.63, 3.8) is 0 Å². The van der Waals surface area contributed by atoms with E-state index >= 15 is 0 Å². The van der Waals surface area contributed by atoms with E-state index in [1.54, 1.807) is 19.9 Å². The molecule has 188 valence electrons. The highest BCUT2D eigenvalue weighted by atomic mass is 16.7. The van der Waals surface area contributed by atoms with E-state index in [1.807, 2.05) is 13.8 Å². The molecule has 0 radical (unpaired) electrons. The molecule has 0 amide bonds. The Balaban J connectivity index is 1.81. The van der Waals surface area contributed by atoms with Gasteiger partial charge in [-0.1, -0.05) is 13.8 Å². The third-order valence-corrected chi connectivity index (χ3v) is 5.64. The summed E-state index contributed by atoms with van der Waals surface area (Å²) in [7, 11) is 0. The second kappa shape index (κ2) is 9.77. The zero-order valence-corrected chi connectivity index (χ0v) is 20.4. The summed E-state index contributed by atoms with van der Waals surface area (Å²) in [4.78, 5) is 47.7. The maximum Gasteiger partial charge on any atom is 0.310 e. The Kier molecular flexibility index (Phi) is 7.40. The SMILES string of the molecule is CC(=O)OCC1=CO[C@@H](OC(=O)CC(C)C)[C@H]2C1=C[C@H](OC(=O)CC(C)(C)OC(C)=O)[C@@]21CO1. The van der Waals surface area contributed by atoms with E-state index in [1.165, 1.54) is 20.1 Å². The lowest BCUT2D eigenvalue weighted by atomic mass is 9.85. The summed E-state index contributed by atoms with van der Waals surface area (Å²) in [6, 6.07) is 0. The van der Waals surface area contributed by atoms with E-state index in [2.05, 4.69) is 0 Å². The smallest absolute Gasteiger partial charge is 0.310 e. The van der Waals surface area contributed by atoms with Crippen LogP contribution in [0.1, 0.15) is 54.4 Å². The molecule has 1 aliphatic carbocycles. The van der Waals surface area contributed by atoms with E-state index in [-0.39, 0.29) is 32.0 Å². The number of hydrogen-bond acceptors (Lipinski definition) is 10. The molecular weight excluding hydrogens is 448 g/mol. The van der Waals surface area contributed by atoms with Crippen LogP contribution in [0.2, 0.25) is 0 Å². The van der Waals surface area contributed by atoms with Crippen LogP contribution in [0.15, 0.2) is 23.5 Å². The molecule has 2 heterocycles. The summed E-state index contributed by atoms with van der Waals surface area (Å²) in [5.74, 6) is -2.44. The zero-order chi connectivity index (χ0) is 25.3. The summed E-state index contributed by atoms with van der Waals surface area (Å²) in [6.07, 6.45) is 1.39. The largest absolute Gasteiger partial charge is 0.461 e. The minimum absolute atomic E-state index is 0.0550. The first kappa shape index (κ1) is 25.7. The van der Waals surface area contributed by atoms with E-state index in [0.29, 0.717) is 11.1 Å². The van der Waals surface area contributed by atoms with Gasteiger partial charge in [-0.3, -0.25) is 19.2 Å². The fourth-order valence-corrected chi connectivity index (χ4v) is 4.25. The van der Waals surface area contributed by atoms with Crippen LogP contribution in [0.3, 0.4) is 0 Å². The van der Waals surface area contributed by atoms with E-state index < -0.39 is 53.4 Å². The average molecular weight is 481 g/mol. The van der Waals surface area contributed by atoms with Gasteiger partial charge in [0.15, 0.2) is 6.10 Å². The van der Waals surface area contributed by atoms with Gasteiger partial charge in [0, 0.05) is 25.8 Å². The highest BCUT2D eigenvalue weighted by Gasteiger charge is 2.68. The zero-order valence-electron chi connectivity index (χ0n) is 20.4. The molecule has 0 bridgehead atoms. The molecule has 0 aromatic rings. The molecule has 4 atom stereocenters. The van der Waals surface area contributed by atoms with Crippen molar-refractivity contribution in [2.24, 2.45) is 11.8 Å². The lowest BCUT2D eigenvalue weighted by Crippen LogP contribution is -2.45. The van der Waals surface area contributed by atoms with E-state index in [0.717, 1.165) is 0 Å². The number of rotatable bonds is 9. The van der Waals surface area contributed by atoms with Crippen LogP contribution in [-0.4, -0.2) is 60.7 Å². The Morgan fingerprint density at radius 3 is 2.35 bits per heavy atom. The van der Waals surface area contributed by atoms with Gasteiger partial charge in [0.1, 0.15) is 17.8 Å². The predicted octanol–water partition coefficient (Wildman–Crippen LogP) is 2.35. The number of carbonyl (C=O) groups excluding carboxylic acids is 4. The first-order valence-corrected chi connectivity index (χ1v) is 11.3. The van der Waals surface area contributed by atoms with Crippen molar-refractivity contribution in [1.82, 2.24) is 0 Å². The van der Waals surface area contributed by atoms with Crippen LogP contribution < -0.4 is 0 Å². The second-order valence-electron chi connectivity index (χ2n) is 9.80. The minimum atomic E-state index is -1.04. The molecule has 0 aromatic carbocycles.